The van der Waals surface area contributed by atoms with E-state index in [0.29, 0.717) is 15.9 Å². The highest BCUT2D eigenvalue weighted by molar-refractivity contribution is 7.92. The topological polar surface area (TPSA) is 86.8 Å². The van der Waals surface area contributed by atoms with Crippen molar-refractivity contribution in [3.8, 4) is 0 Å². The van der Waals surface area contributed by atoms with Crippen molar-refractivity contribution in [3.05, 3.63) is 94.5 Å². The lowest BCUT2D eigenvalue weighted by Crippen LogP contribution is -2.55. The zero-order valence-corrected chi connectivity index (χ0v) is 26.1. The first kappa shape index (κ1) is 33.9. The van der Waals surface area contributed by atoms with Crippen LogP contribution < -0.4 is 9.62 Å². The van der Waals surface area contributed by atoms with Crippen molar-refractivity contribution in [1.82, 2.24) is 10.2 Å². The van der Waals surface area contributed by atoms with Gasteiger partial charge in [-0.25, -0.2) is 8.42 Å². The Labute approximate surface area is 255 Å². The molecule has 0 aliphatic carbocycles. The normalized spacial score (nSPS) is 12.9. The minimum atomic E-state index is -4.88. The van der Waals surface area contributed by atoms with Crippen molar-refractivity contribution in [3.63, 3.8) is 0 Å². The number of halogens is 4. The van der Waals surface area contributed by atoms with Crippen molar-refractivity contribution in [1.29, 1.82) is 0 Å². The molecule has 232 valence electrons. The van der Waals surface area contributed by atoms with Gasteiger partial charge in [-0.05, 0) is 70.0 Å². The number of aryl methyl sites for hydroxylation is 1. The van der Waals surface area contributed by atoms with Crippen molar-refractivity contribution in [2.75, 3.05) is 10.8 Å². The summed E-state index contributed by atoms with van der Waals surface area (Å²) in [6.07, 6.45) is -4.68. The molecule has 0 saturated carbocycles. The summed E-state index contributed by atoms with van der Waals surface area (Å²) in [5, 5.41) is 2.25. The van der Waals surface area contributed by atoms with Crippen LogP contribution in [0.2, 0.25) is 5.02 Å². The van der Waals surface area contributed by atoms with E-state index < -0.39 is 62.4 Å². The second kappa shape index (κ2) is 13.4. The van der Waals surface area contributed by atoms with Crippen LogP contribution in [0.3, 0.4) is 0 Å². The Kier molecular flexibility index (Phi) is 10.6. The first-order valence-electron chi connectivity index (χ1n) is 13.6. The predicted molar refractivity (Wildman–Crippen MR) is 161 cm³/mol. The van der Waals surface area contributed by atoms with Crippen molar-refractivity contribution in [2.45, 2.75) is 70.2 Å². The lowest BCUT2D eigenvalue weighted by molar-refractivity contribution is -0.141. The first-order valence-corrected chi connectivity index (χ1v) is 15.4. The van der Waals surface area contributed by atoms with E-state index in [0.717, 1.165) is 17.7 Å². The van der Waals surface area contributed by atoms with Gasteiger partial charge in [0.25, 0.3) is 10.0 Å². The number of hydrogen-bond acceptors (Lipinski definition) is 4. The number of carbonyl (C=O) groups excluding carboxylic acids is 2. The molecule has 0 fully saturated rings. The number of alkyl halides is 3. The summed E-state index contributed by atoms with van der Waals surface area (Å²) >= 11 is 5.82. The number of rotatable bonds is 10. The van der Waals surface area contributed by atoms with Crippen LogP contribution in [-0.4, -0.2) is 43.3 Å². The van der Waals surface area contributed by atoms with Gasteiger partial charge in [0.05, 0.1) is 21.2 Å². The summed E-state index contributed by atoms with van der Waals surface area (Å²) in [6.45, 7) is 8.04. The Balaban J connectivity index is 2.15. The number of nitrogens with zero attached hydrogens (tertiary/aromatic N) is 2. The second-order valence-corrected chi connectivity index (χ2v) is 13.4. The Bertz CT molecular complexity index is 1560. The van der Waals surface area contributed by atoms with Crippen molar-refractivity contribution >= 4 is 39.1 Å². The largest absolute Gasteiger partial charge is 0.417 e. The highest BCUT2D eigenvalue weighted by Crippen LogP contribution is 2.38. The van der Waals surface area contributed by atoms with E-state index in [4.69, 9.17) is 11.6 Å². The second-order valence-electron chi connectivity index (χ2n) is 11.2. The van der Waals surface area contributed by atoms with E-state index in [1.165, 1.54) is 29.2 Å². The number of anilines is 1. The van der Waals surface area contributed by atoms with Crippen molar-refractivity contribution in [2.24, 2.45) is 0 Å². The molecule has 0 heterocycles. The van der Waals surface area contributed by atoms with Gasteiger partial charge >= 0.3 is 6.18 Å². The smallest absolute Gasteiger partial charge is 0.350 e. The molecule has 12 heteroatoms. The molecule has 3 aromatic rings. The molecule has 0 aliphatic heterocycles. The third-order valence-corrected chi connectivity index (χ3v) is 8.59. The van der Waals surface area contributed by atoms with E-state index in [9.17, 15) is 31.2 Å². The maximum atomic E-state index is 14.1. The van der Waals surface area contributed by atoms with Crippen LogP contribution in [0.4, 0.5) is 18.9 Å². The molecular formula is C31H35ClF3N3O4S. The standard InChI is InChI=1S/C31H35ClF3N3O4S/c1-6-27(29(40)36-30(3,4)5)37(19-22-12-10-11-21(2)17-22)28(39)20-38(43(41,42)24-13-8-7-9-14-24)23-15-16-26(32)25(18-23)31(33,34)35/h7-18,27H,6,19-20H2,1-5H3,(H,36,40)/t27-/m0/s1. The zero-order valence-electron chi connectivity index (χ0n) is 24.6. The fourth-order valence-electron chi connectivity index (χ4n) is 4.51. The highest BCUT2D eigenvalue weighted by Gasteiger charge is 2.37. The van der Waals surface area contributed by atoms with E-state index in [-0.39, 0.29) is 17.9 Å². The lowest BCUT2D eigenvalue weighted by atomic mass is 10.0. The molecule has 0 bridgehead atoms. The number of nitrogens with one attached hydrogen (secondary N) is 1. The van der Waals surface area contributed by atoms with Gasteiger partial charge in [0, 0.05) is 12.1 Å². The minimum Gasteiger partial charge on any atom is -0.350 e. The van der Waals surface area contributed by atoms with E-state index >= 15 is 0 Å². The van der Waals surface area contributed by atoms with Gasteiger partial charge in [-0.2, -0.15) is 13.2 Å². The molecule has 1 N–H and O–H groups in total. The van der Waals surface area contributed by atoms with Gasteiger partial charge < -0.3 is 10.2 Å². The van der Waals surface area contributed by atoms with Crippen LogP contribution in [0.25, 0.3) is 0 Å². The summed E-state index contributed by atoms with van der Waals surface area (Å²) < 4.78 is 69.7. The Morgan fingerprint density at radius 3 is 2.16 bits per heavy atom. The summed E-state index contributed by atoms with van der Waals surface area (Å²) in [5.41, 5.74) is -0.677. The molecule has 0 saturated heterocycles. The Morgan fingerprint density at radius 1 is 0.953 bits per heavy atom. The summed E-state index contributed by atoms with van der Waals surface area (Å²) in [4.78, 5) is 28.5. The maximum absolute atomic E-state index is 14.1. The fourth-order valence-corrected chi connectivity index (χ4v) is 6.17. The summed E-state index contributed by atoms with van der Waals surface area (Å²) in [6, 6.07) is 16.0. The Morgan fingerprint density at radius 2 is 1.60 bits per heavy atom. The van der Waals surface area contributed by atoms with Crippen LogP contribution in [0.1, 0.15) is 50.8 Å². The first-order chi connectivity index (χ1) is 19.9. The van der Waals surface area contributed by atoms with Crippen LogP contribution in [0, 0.1) is 6.92 Å². The molecule has 3 rings (SSSR count). The molecule has 43 heavy (non-hydrogen) atoms. The van der Waals surface area contributed by atoms with Gasteiger partial charge in [0.15, 0.2) is 0 Å². The molecule has 3 aromatic carbocycles. The molecule has 0 radical (unpaired) electrons. The Hall–Kier alpha value is -3.57. The number of carbonyl (C=O) groups is 2. The van der Waals surface area contributed by atoms with Crippen molar-refractivity contribution < 1.29 is 31.2 Å². The minimum absolute atomic E-state index is 0.0375. The SMILES string of the molecule is CC[C@@H](C(=O)NC(C)(C)C)N(Cc1cccc(C)c1)C(=O)CN(c1ccc(Cl)c(C(F)(F)F)c1)S(=O)(=O)c1ccccc1. The number of hydrogen-bond donors (Lipinski definition) is 1. The zero-order chi connectivity index (χ0) is 32.2. The number of amides is 2. The quantitative estimate of drug-likeness (QED) is 0.272. The monoisotopic (exact) mass is 637 g/mol. The molecule has 0 unspecified atom stereocenters. The van der Waals surface area contributed by atoms with E-state index in [1.807, 2.05) is 19.1 Å². The van der Waals surface area contributed by atoms with Crippen LogP contribution in [0.5, 0.6) is 0 Å². The molecular weight excluding hydrogens is 603 g/mol. The van der Waals surface area contributed by atoms with Gasteiger partial charge in [-0.15, -0.1) is 0 Å². The molecule has 0 aromatic heterocycles. The molecule has 7 nitrogen and oxygen atoms in total. The van der Waals surface area contributed by atoms with Crippen LogP contribution >= 0.6 is 11.6 Å². The van der Waals surface area contributed by atoms with Gasteiger partial charge in [-0.3, -0.25) is 13.9 Å². The summed E-state index contributed by atoms with van der Waals surface area (Å²) in [5.74, 6) is -1.22. The average Bonchev–Trinajstić information content (AvgIpc) is 2.90. The number of sulfonamides is 1. The maximum Gasteiger partial charge on any atom is 0.417 e. The van der Waals surface area contributed by atoms with Gasteiger partial charge in [0.1, 0.15) is 12.6 Å². The lowest BCUT2D eigenvalue weighted by Gasteiger charge is -2.35. The molecule has 0 aliphatic rings. The predicted octanol–water partition coefficient (Wildman–Crippen LogP) is 6.58. The molecule has 2 amide bonds. The van der Waals surface area contributed by atoms with E-state index in [1.54, 1.807) is 45.9 Å². The van der Waals surface area contributed by atoms with Crippen LogP contribution in [-0.2, 0) is 32.3 Å². The third kappa shape index (κ3) is 8.73. The van der Waals surface area contributed by atoms with Gasteiger partial charge in [0.2, 0.25) is 11.8 Å². The highest BCUT2D eigenvalue weighted by atomic mass is 35.5. The number of benzene rings is 3. The third-order valence-electron chi connectivity index (χ3n) is 6.47. The molecule has 1 atom stereocenters. The van der Waals surface area contributed by atoms with E-state index in [2.05, 4.69) is 5.32 Å². The molecule has 0 spiro atoms. The van der Waals surface area contributed by atoms with Gasteiger partial charge in [-0.1, -0.05) is 66.6 Å². The van der Waals surface area contributed by atoms with Crippen LogP contribution in [0.15, 0.2) is 77.7 Å². The average molecular weight is 638 g/mol. The fraction of sp³-hybridized carbons (Fsp3) is 0.355. The summed E-state index contributed by atoms with van der Waals surface area (Å²) in [7, 11) is -4.54.